The molecule has 0 unspecified atom stereocenters. The van der Waals surface area contributed by atoms with E-state index in [0.29, 0.717) is 31.6 Å². The second-order valence-corrected chi connectivity index (χ2v) is 4.13. The number of hydrogen-bond donors (Lipinski definition) is 1. The van der Waals surface area contributed by atoms with Gasteiger partial charge < -0.3 is 10.1 Å². The average molecular weight is 230 g/mol. The van der Waals surface area contributed by atoms with Gasteiger partial charge in [0.25, 0.3) is 5.91 Å². The molecule has 4 heteroatoms. The summed E-state index contributed by atoms with van der Waals surface area (Å²) in [6.45, 7) is 1.03. The Balaban J connectivity index is 2.10. The zero-order chi connectivity index (χ0) is 12.1. The summed E-state index contributed by atoms with van der Waals surface area (Å²) in [5, 5.41) is 12.0. The van der Waals surface area contributed by atoms with E-state index in [2.05, 4.69) is 11.4 Å². The third kappa shape index (κ3) is 2.63. The largest absolute Gasteiger partial charge is 0.381 e. The third-order valence-electron chi connectivity index (χ3n) is 2.95. The molecule has 1 aromatic carbocycles. The van der Waals surface area contributed by atoms with E-state index in [1.165, 1.54) is 0 Å². The van der Waals surface area contributed by atoms with Crippen LogP contribution in [-0.2, 0) is 4.74 Å². The van der Waals surface area contributed by atoms with Crippen LogP contribution < -0.4 is 5.32 Å². The molecule has 0 aliphatic carbocycles. The highest BCUT2D eigenvalue weighted by molar-refractivity contribution is 5.94. The Hall–Kier alpha value is -1.86. The second kappa shape index (κ2) is 4.98. The molecule has 1 saturated heterocycles. The van der Waals surface area contributed by atoms with Gasteiger partial charge in [-0.15, -0.1) is 0 Å². The van der Waals surface area contributed by atoms with E-state index >= 15 is 0 Å². The number of nitrogens with zero attached hydrogens (tertiary/aromatic N) is 1. The van der Waals surface area contributed by atoms with E-state index in [-0.39, 0.29) is 5.91 Å². The van der Waals surface area contributed by atoms with Gasteiger partial charge in [0.15, 0.2) is 0 Å². The summed E-state index contributed by atoms with van der Waals surface area (Å²) in [6.07, 6.45) is 1.09. The van der Waals surface area contributed by atoms with Crippen molar-refractivity contribution in [2.24, 2.45) is 0 Å². The Labute approximate surface area is 100 Å². The van der Waals surface area contributed by atoms with E-state index in [0.717, 1.165) is 0 Å². The number of carbonyl (C=O) groups excluding carboxylic acids is 1. The number of amides is 1. The second-order valence-electron chi connectivity index (χ2n) is 4.13. The van der Waals surface area contributed by atoms with Crippen molar-refractivity contribution in [2.45, 2.75) is 18.4 Å². The SMILES string of the molecule is N#CC1(NC(=O)c2ccccc2)CCOCC1. The molecule has 0 atom stereocenters. The predicted molar refractivity (Wildman–Crippen MR) is 62.3 cm³/mol. The monoisotopic (exact) mass is 230 g/mol. The van der Waals surface area contributed by atoms with Crippen LogP contribution in [0.25, 0.3) is 0 Å². The molecule has 0 saturated carbocycles. The number of ether oxygens (including phenoxy) is 1. The van der Waals surface area contributed by atoms with Gasteiger partial charge in [-0.1, -0.05) is 18.2 Å². The highest BCUT2D eigenvalue weighted by Gasteiger charge is 2.34. The molecule has 4 nitrogen and oxygen atoms in total. The zero-order valence-electron chi connectivity index (χ0n) is 9.48. The predicted octanol–water partition coefficient (Wildman–Crippen LogP) is 1.49. The Morgan fingerprint density at radius 3 is 2.53 bits per heavy atom. The van der Waals surface area contributed by atoms with Crippen LogP contribution in [0.3, 0.4) is 0 Å². The summed E-state index contributed by atoms with van der Waals surface area (Å²) < 4.78 is 5.21. The fourth-order valence-corrected chi connectivity index (χ4v) is 1.86. The van der Waals surface area contributed by atoms with Gasteiger partial charge in [0.05, 0.1) is 6.07 Å². The molecule has 2 rings (SSSR count). The maximum atomic E-state index is 12.0. The molecule has 88 valence electrons. The lowest BCUT2D eigenvalue weighted by molar-refractivity contribution is 0.0531. The third-order valence-corrected chi connectivity index (χ3v) is 2.95. The molecule has 1 N–H and O–H groups in total. The quantitative estimate of drug-likeness (QED) is 0.837. The maximum Gasteiger partial charge on any atom is 0.252 e. The lowest BCUT2D eigenvalue weighted by atomic mass is 9.91. The summed E-state index contributed by atoms with van der Waals surface area (Å²) in [5.41, 5.74) is -0.195. The molecular weight excluding hydrogens is 216 g/mol. The Morgan fingerprint density at radius 2 is 1.94 bits per heavy atom. The molecule has 0 spiro atoms. The molecule has 1 heterocycles. The lowest BCUT2D eigenvalue weighted by Gasteiger charge is -2.31. The van der Waals surface area contributed by atoms with Gasteiger partial charge in [-0.25, -0.2) is 0 Å². The van der Waals surface area contributed by atoms with Gasteiger partial charge in [-0.05, 0) is 12.1 Å². The molecule has 0 bridgehead atoms. The van der Waals surface area contributed by atoms with Crippen molar-refractivity contribution in [1.82, 2.24) is 5.32 Å². The van der Waals surface area contributed by atoms with E-state index in [9.17, 15) is 10.1 Å². The molecular formula is C13H14N2O2. The Bertz CT molecular complexity index is 430. The molecule has 17 heavy (non-hydrogen) atoms. The van der Waals surface area contributed by atoms with E-state index in [1.54, 1.807) is 24.3 Å². The van der Waals surface area contributed by atoms with Crippen molar-refractivity contribution in [3.05, 3.63) is 35.9 Å². The normalized spacial score (nSPS) is 18.1. The summed E-state index contributed by atoms with van der Waals surface area (Å²) in [7, 11) is 0. The molecule has 0 radical (unpaired) electrons. The lowest BCUT2D eigenvalue weighted by Crippen LogP contribution is -2.50. The van der Waals surface area contributed by atoms with Crippen molar-refractivity contribution in [2.75, 3.05) is 13.2 Å². The van der Waals surface area contributed by atoms with Crippen LogP contribution in [0.4, 0.5) is 0 Å². The Kier molecular flexibility index (Phi) is 3.40. The molecule has 1 aliphatic heterocycles. The first-order chi connectivity index (χ1) is 8.26. The molecule has 0 aromatic heterocycles. The fourth-order valence-electron chi connectivity index (χ4n) is 1.86. The summed E-state index contributed by atoms with van der Waals surface area (Å²) >= 11 is 0. The molecule has 1 aliphatic rings. The van der Waals surface area contributed by atoms with Gasteiger partial charge >= 0.3 is 0 Å². The van der Waals surface area contributed by atoms with Crippen LogP contribution in [0, 0.1) is 11.3 Å². The zero-order valence-corrected chi connectivity index (χ0v) is 9.48. The van der Waals surface area contributed by atoms with E-state index in [4.69, 9.17) is 4.74 Å². The van der Waals surface area contributed by atoms with Gasteiger partial charge in [0.2, 0.25) is 0 Å². The van der Waals surface area contributed by atoms with Crippen LogP contribution in [0.2, 0.25) is 0 Å². The molecule has 1 aromatic rings. The van der Waals surface area contributed by atoms with Crippen LogP contribution in [0.15, 0.2) is 30.3 Å². The van der Waals surface area contributed by atoms with Crippen LogP contribution in [0.1, 0.15) is 23.2 Å². The maximum absolute atomic E-state index is 12.0. The van der Waals surface area contributed by atoms with Gasteiger partial charge in [-0.2, -0.15) is 5.26 Å². The number of nitrogens with one attached hydrogen (secondary N) is 1. The van der Waals surface area contributed by atoms with Crippen LogP contribution >= 0.6 is 0 Å². The van der Waals surface area contributed by atoms with Gasteiger partial charge in [0.1, 0.15) is 5.54 Å². The van der Waals surface area contributed by atoms with Crippen molar-refractivity contribution in [3.8, 4) is 6.07 Å². The Morgan fingerprint density at radius 1 is 1.29 bits per heavy atom. The smallest absolute Gasteiger partial charge is 0.252 e. The minimum atomic E-state index is -0.773. The van der Waals surface area contributed by atoms with Crippen molar-refractivity contribution < 1.29 is 9.53 Å². The minimum absolute atomic E-state index is 0.200. The number of benzene rings is 1. The van der Waals surface area contributed by atoms with Gasteiger partial charge in [0, 0.05) is 31.6 Å². The first-order valence-corrected chi connectivity index (χ1v) is 5.62. The van der Waals surface area contributed by atoms with Crippen LogP contribution in [-0.4, -0.2) is 24.7 Å². The summed E-state index contributed by atoms with van der Waals surface area (Å²) in [4.78, 5) is 12.0. The van der Waals surface area contributed by atoms with Crippen molar-refractivity contribution in [3.63, 3.8) is 0 Å². The topological polar surface area (TPSA) is 62.1 Å². The average Bonchev–Trinajstić information content (AvgIpc) is 2.41. The number of rotatable bonds is 2. The molecule has 1 amide bonds. The number of carbonyl (C=O) groups is 1. The first kappa shape index (κ1) is 11.6. The van der Waals surface area contributed by atoms with E-state index < -0.39 is 5.54 Å². The molecule has 1 fully saturated rings. The minimum Gasteiger partial charge on any atom is -0.381 e. The van der Waals surface area contributed by atoms with Crippen molar-refractivity contribution >= 4 is 5.91 Å². The first-order valence-electron chi connectivity index (χ1n) is 5.62. The number of nitriles is 1. The summed E-state index contributed by atoms with van der Waals surface area (Å²) in [5.74, 6) is -0.200. The highest BCUT2D eigenvalue weighted by atomic mass is 16.5. The summed E-state index contributed by atoms with van der Waals surface area (Å²) in [6, 6.07) is 11.1. The van der Waals surface area contributed by atoms with E-state index in [1.807, 2.05) is 6.07 Å². The fraction of sp³-hybridized carbons (Fsp3) is 0.385. The van der Waals surface area contributed by atoms with Crippen LogP contribution in [0.5, 0.6) is 0 Å². The van der Waals surface area contributed by atoms with Gasteiger partial charge in [-0.3, -0.25) is 4.79 Å². The van der Waals surface area contributed by atoms with Crippen molar-refractivity contribution in [1.29, 1.82) is 5.26 Å². The number of hydrogen-bond acceptors (Lipinski definition) is 3. The standard InChI is InChI=1S/C13H14N2O2/c14-10-13(6-8-17-9-7-13)15-12(16)11-4-2-1-3-5-11/h1-5H,6-9H2,(H,15,16). The highest BCUT2D eigenvalue weighted by Crippen LogP contribution is 2.20.